The quantitative estimate of drug-likeness (QED) is 0.647. The Kier molecular flexibility index (Phi) is 3.42. The molecule has 0 saturated heterocycles. The van der Waals surface area contributed by atoms with E-state index in [4.69, 9.17) is 5.73 Å². The van der Waals surface area contributed by atoms with E-state index >= 15 is 0 Å². The first-order chi connectivity index (χ1) is 9.11. The number of nitro benzene ring substituents is 1. The summed E-state index contributed by atoms with van der Waals surface area (Å²) < 4.78 is 0. The van der Waals surface area contributed by atoms with Gasteiger partial charge in [-0.1, -0.05) is 12.7 Å². The van der Waals surface area contributed by atoms with Gasteiger partial charge >= 0.3 is 0 Å². The first-order valence-electron chi connectivity index (χ1n) is 5.50. The largest absolute Gasteiger partial charge is 0.383 e. The number of nitrogens with zero attached hydrogens (tertiary/aromatic N) is 2. The van der Waals surface area contributed by atoms with Crippen LogP contribution < -0.4 is 11.1 Å². The van der Waals surface area contributed by atoms with E-state index in [2.05, 4.69) is 16.9 Å². The molecule has 0 aliphatic heterocycles. The second-order valence-corrected chi connectivity index (χ2v) is 3.79. The number of nitro groups is 1. The lowest BCUT2D eigenvalue weighted by Gasteiger charge is -2.10. The molecule has 0 unspecified atom stereocenters. The molecule has 0 saturated carbocycles. The predicted molar refractivity (Wildman–Crippen MR) is 75.1 cm³/mol. The zero-order valence-corrected chi connectivity index (χ0v) is 10.0. The first kappa shape index (κ1) is 12.6. The van der Waals surface area contributed by atoms with Crippen LogP contribution in [0.4, 0.5) is 22.9 Å². The summed E-state index contributed by atoms with van der Waals surface area (Å²) in [6.45, 7) is 3.68. The molecule has 0 spiro atoms. The Morgan fingerprint density at radius 2 is 2.00 bits per heavy atom. The smallest absolute Gasteiger partial charge is 0.269 e. The number of non-ortho nitro benzene ring substituents is 1. The van der Waals surface area contributed by atoms with E-state index in [0.717, 1.165) is 11.4 Å². The van der Waals surface area contributed by atoms with Gasteiger partial charge in [0.25, 0.3) is 5.69 Å². The SMILES string of the molecule is C=Cc1c(Nc2ccc([N+](=O)[O-])cc2)ccnc1N. The van der Waals surface area contributed by atoms with Gasteiger partial charge in [-0.2, -0.15) is 0 Å². The highest BCUT2D eigenvalue weighted by molar-refractivity contribution is 5.77. The summed E-state index contributed by atoms with van der Waals surface area (Å²) in [5, 5.41) is 13.7. The Morgan fingerprint density at radius 3 is 2.58 bits per heavy atom. The Labute approximate surface area is 109 Å². The summed E-state index contributed by atoms with van der Waals surface area (Å²) >= 11 is 0. The van der Waals surface area contributed by atoms with Gasteiger partial charge in [-0.3, -0.25) is 10.1 Å². The number of nitrogen functional groups attached to an aromatic ring is 1. The van der Waals surface area contributed by atoms with Gasteiger partial charge in [-0.05, 0) is 18.2 Å². The lowest BCUT2D eigenvalue weighted by atomic mass is 10.2. The molecule has 1 heterocycles. The second kappa shape index (κ2) is 5.18. The summed E-state index contributed by atoms with van der Waals surface area (Å²) in [7, 11) is 0. The van der Waals surface area contributed by atoms with Gasteiger partial charge in [0, 0.05) is 29.6 Å². The molecule has 0 fully saturated rings. The molecule has 2 rings (SSSR count). The third-order valence-electron chi connectivity index (χ3n) is 2.58. The van der Waals surface area contributed by atoms with Crippen LogP contribution >= 0.6 is 0 Å². The van der Waals surface area contributed by atoms with Crippen molar-refractivity contribution in [1.82, 2.24) is 4.98 Å². The molecular formula is C13H12N4O2. The van der Waals surface area contributed by atoms with Crippen LogP contribution in [0.3, 0.4) is 0 Å². The molecule has 1 aromatic heterocycles. The number of anilines is 3. The summed E-state index contributed by atoms with van der Waals surface area (Å²) in [5.41, 5.74) is 7.95. The lowest BCUT2D eigenvalue weighted by molar-refractivity contribution is -0.384. The maximum absolute atomic E-state index is 10.6. The van der Waals surface area contributed by atoms with Crippen LogP contribution in [0, 0.1) is 10.1 Å². The van der Waals surface area contributed by atoms with Crippen molar-refractivity contribution in [3.8, 4) is 0 Å². The van der Waals surface area contributed by atoms with Crippen molar-refractivity contribution in [1.29, 1.82) is 0 Å². The fourth-order valence-electron chi connectivity index (χ4n) is 1.63. The minimum atomic E-state index is -0.441. The number of rotatable bonds is 4. The van der Waals surface area contributed by atoms with Crippen molar-refractivity contribution in [2.24, 2.45) is 0 Å². The van der Waals surface area contributed by atoms with E-state index in [0.29, 0.717) is 11.4 Å². The maximum Gasteiger partial charge on any atom is 0.269 e. The van der Waals surface area contributed by atoms with Crippen LogP contribution in [-0.2, 0) is 0 Å². The van der Waals surface area contributed by atoms with Gasteiger partial charge in [0.15, 0.2) is 0 Å². The molecule has 0 radical (unpaired) electrons. The Hall–Kier alpha value is -2.89. The van der Waals surface area contributed by atoms with Gasteiger partial charge in [0.1, 0.15) is 5.82 Å². The van der Waals surface area contributed by atoms with E-state index in [1.54, 1.807) is 30.5 Å². The highest BCUT2D eigenvalue weighted by Crippen LogP contribution is 2.25. The molecule has 0 aliphatic carbocycles. The van der Waals surface area contributed by atoms with Crippen molar-refractivity contribution in [2.75, 3.05) is 11.1 Å². The number of benzene rings is 1. The van der Waals surface area contributed by atoms with Crippen molar-refractivity contribution in [3.63, 3.8) is 0 Å². The Morgan fingerprint density at radius 1 is 1.32 bits per heavy atom. The van der Waals surface area contributed by atoms with Gasteiger partial charge in [-0.15, -0.1) is 0 Å². The van der Waals surface area contributed by atoms with Crippen molar-refractivity contribution >= 4 is 29.0 Å². The normalized spacial score (nSPS) is 9.89. The molecule has 2 aromatic rings. The standard InChI is InChI=1S/C13H12N4O2/c1-2-11-12(7-8-15-13(11)14)16-9-3-5-10(6-4-9)17(18)19/h2-8H,1H2,(H3,14,15,16). The van der Waals surface area contributed by atoms with E-state index in [-0.39, 0.29) is 5.69 Å². The number of hydrogen-bond donors (Lipinski definition) is 2. The third-order valence-corrected chi connectivity index (χ3v) is 2.58. The van der Waals surface area contributed by atoms with E-state index in [1.165, 1.54) is 12.1 Å². The predicted octanol–water partition coefficient (Wildman–Crippen LogP) is 2.96. The maximum atomic E-state index is 10.6. The molecule has 6 nitrogen and oxygen atoms in total. The fraction of sp³-hybridized carbons (Fsp3) is 0. The first-order valence-corrected chi connectivity index (χ1v) is 5.50. The average molecular weight is 256 g/mol. The van der Waals surface area contributed by atoms with Crippen LogP contribution in [0.15, 0.2) is 43.1 Å². The zero-order chi connectivity index (χ0) is 13.8. The summed E-state index contributed by atoms with van der Waals surface area (Å²) in [4.78, 5) is 14.1. The van der Waals surface area contributed by atoms with Crippen LogP contribution in [0.1, 0.15) is 5.56 Å². The molecule has 19 heavy (non-hydrogen) atoms. The summed E-state index contributed by atoms with van der Waals surface area (Å²) in [5.74, 6) is 0.377. The zero-order valence-electron chi connectivity index (χ0n) is 10.0. The minimum Gasteiger partial charge on any atom is -0.383 e. The third kappa shape index (κ3) is 2.68. The van der Waals surface area contributed by atoms with Crippen LogP contribution in [-0.4, -0.2) is 9.91 Å². The van der Waals surface area contributed by atoms with Crippen LogP contribution in [0.5, 0.6) is 0 Å². The summed E-state index contributed by atoms with van der Waals surface area (Å²) in [6, 6.07) is 7.87. The number of aromatic nitrogens is 1. The lowest BCUT2D eigenvalue weighted by Crippen LogP contribution is -1.99. The van der Waals surface area contributed by atoms with E-state index < -0.39 is 4.92 Å². The molecular weight excluding hydrogens is 244 g/mol. The molecule has 0 atom stereocenters. The summed E-state index contributed by atoms with van der Waals surface area (Å²) in [6.07, 6.45) is 3.19. The van der Waals surface area contributed by atoms with Gasteiger partial charge in [0.2, 0.25) is 0 Å². The fourth-order valence-corrected chi connectivity index (χ4v) is 1.63. The number of hydrogen-bond acceptors (Lipinski definition) is 5. The van der Waals surface area contributed by atoms with Crippen LogP contribution in [0.2, 0.25) is 0 Å². The highest BCUT2D eigenvalue weighted by atomic mass is 16.6. The molecule has 3 N–H and O–H groups in total. The van der Waals surface area contributed by atoms with Crippen molar-refractivity contribution < 1.29 is 4.92 Å². The second-order valence-electron chi connectivity index (χ2n) is 3.79. The molecule has 0 amide bonds. The number of pyridine rings is 1. The molecule has 6 heteroatoms. The Balaban J connectivity index is 2.28. The van der Waals surface area contributed by atoms with Crippen LogP contribution in [0.25, 0.3) is 6.08 Å². The molecule has 1 aromatic carbocycles. The minimum absolute atomic E-state index is 0.0451. The Bertz CT molecular complexity index is 623. The van der Waals surface area contributed by atoms with E-state index in [9.17, 15) is 10.1 Å². The number of nitrogens with one attached hydrogen (secondary N) is 1. The molecule has 0 bridgehead atoms. The van der Waals surface area contributed by atoms with Crippen molar-refractivity contribution in [3.05, 3.63) is 58.8 Å². The topological polar surface area (TPSA) is 94.1 Å². The van der Waals surface area contributed by atoms with Gasteiger partial charge in [-0.25, -0.2) is 4.98 Å². The highest BCUT2D eigenvalue weighted by Gasteiger charge is 2.06. The number of nitrogens with two attached hydrogens (primary N) is 1. The average Bonchev–Trinajstić information content (AvgIpc) is 2.39. The monoisotopic (exact) mass is 256 g/mol. The van der Waals surface area contributed by atoms with E-state index in [1.807, 2.05) is 0 Å². The molecule has 96 valence electrons. The van der Waals surface area contributed by atoms with Gasteiger partial charge in [0.05, 0.1) is 10.6 Å². The van der Waals surface area contributed by atoms with Gasteiger partial charge < -0.3 is 11.1 Å². The molecule has 0 aliphatic rings. The van der Waals surface area contributed by atoms with Crippen molar-refractivity contribution in [2.45, 2.75) is 0 Å².